The van der Waals surface area contributed by atoms with Crippen molar-refractivity contribution in [3.63, 3.8) is 0 Å². The Morgan fingerprint density at radius 1 is 1.29 bits per heavy atom. The van der Waals surface area contributed by atoms with Gasteiger partial charge in [0.1, 0.15) is 5.75 Å². The number of para-hydroxylation sites is 1. The molecule has 0 fully saturated rings. The molecule has 0 heterocycles. The van der Waals surface area contributed by atoms with Crippen LogP contribution in [0.2, 0.25) is 0 Å². The van der Waals surface area contributed by atoms with Crippen LogP contribution in [0.3, 0.4) is 0 Å². The van der Waals surface area contributed by atoms with E-state index in [-0.39, 0.29) is 0 Å². The van der Waals surface area contributed by atoms with Crippen LogP contribution in [-0.4, -0.2) is 31.4 Å². The van der Waals surface area contributed by atoms with Gasteiger partial charge in [-0.15, -0.1) is 0 Å². The third-order valence-corrected chi connectivity index (χ3v) is 2.95. The number of carbonyl (C=O) groups is 1. The van der Waals surface area contributed by atoms with Crippen molar-refractivity contribution in [2.45, 2.75) is 0 Å². The molecule has 1 N–H and O–H groups in total. The first-order valence-electron chi connectivity index (χ1n) is 4.58. The number of Topliss-reactive ketones (excluding diaryl/α,β-unsaturated/α-hetero) is 1. The Kier molecular flexibility index (Phi) is 4.16. The highest BCUT2D eigenvalue weighted by atomic mass is 32.2. The Morgan fingerprint density at radius 3 is 2.41 bits per heavy atom. The third kappa shape index (κ3) is 5.07. The molecule has 0 atom stereocenters. The molecule has 0 spiro atoms. The lowest BCUT2D eigenvalue weighted by Crippen LogP contribution is -2.27. The lowest BCUT2D eigenvalue weighted by Gasteiger charge is -2.05. The fraction of sp³-hybridized carbons (Fsp3) is 0.222. The smallest absolute Gasteiger partial charge is 0.262 e. The normalized spacial score (nSPS) is 10.8. The molecule has 1 aromatic carbocycles. The van der Waals surface area contributed by atoms with Crippen molar-refractivity contribution in [1.29, 1.82) is 0 Å². The predicted molar refractivity (Wildman–Crippen MR) is 60.7 cm³/mol. The minimum absolute atomic E-state index is 0.307. The first-order chi connectivity index (χ1) is 7.89. The van der Waals surface area contributed by atoms with E-state index in [0.29, 0.717) is 5.69 Å². The van der Waals surface area contributed by atoms with E-state index in [2.05, 4.69) is 4.72 Å². The summed E-state index contributed by atoms with van der Waals surface area (Å²) in [5.74, 6) is -1.86. The average Bonchev–Trinajstić information content (AvgIpc) is 2.15. The van der Waals surface area contributed by atoms with E-state index in [1.807, 2.05) is 0 Å². The van der Waals surface area contributed by atoms with Crippen molar-refractivity contribution in [2.24, 2.45) is 0 Å². The maximum absolute atomic E-state index is 11.4. The SMILES string of the molecule is O=C(C[N+](=O)[O-])CS(=O)(=O)Nc1ccccc1. The zero-order chi connectivity index (χ0) is 12.9. The lowest BCUT2D eigenvalue weighted by molar-refractivity contribution is -0.467. The molecule has 0 aliphatic carbocycles. The third-order valence-electron chi connectivity index (χ3n) is 1.70. The summed E-state index contributed by atoms with van der Waals surface area (Å²) >= 11 is 0. The topological polar surface area (TPSA) is 106 Å². The zero-order valence-corrected chi connectivity index (χ0v) is 9.51. The van der Waals surface area contributed by atoms with Crippen molar-refractivity contribution in [3.8, 4) is 0 Å². The molecule has 0 amide bonds. The molecule has 1 rings (SSSR count). The van der Waals surface area contributed by atoms with Gasteiger partial charge in [0.05, 0.1) is 0 Å². The minimum atomic E-state index is -3.88. The molecule has 7 nitrogen and oxygen atoms in total. The Balaban J connectivity index is 2.64. The molecule has 0 bridgehead atoms. The van der Waals surface area contributed by atoms with Crippen LogP contribution in [0, 0.1) is 10.1 Å². The van der Waals surface area contributed by atoms with Gasteiger partial charge in [0, 0.05) is 10.6 Å². The number of carbonyl (C=O) groups excluding carboxylic acids is 1. The second-order valence-electron chi connectivity index (χ2n) is 3.26. The molecular formula is C9H10N2O5S. The predicted octanol–water partition coefficient (Wildman–Crippen LogP) is 0.274. The van der Waals surface area contributed by atoms with Crippen LogP contribution in [0.5, 0.6) is 0 Å². The van der Waals surface area contributed by atoms with Gasteiger partial charge in [-0.25, -0.2) is 8.42 Å². The highest BCUT2D eigenvalue weighted by Crippen LogP contribution is 2.07. The number of benzene rings is 1. The highest BCUT2D eigenvalue weighted by molar-refractivity contribution is 7.93. The second kappa shape index (κ2) is 5.39. The largest absolute Gasteiger partial charge is 0.291 e. The van der Waals surface area contributed by atoms with Gasteiger partial charge in [-0.3, -0.25) is 19.6 Å². The van der Waals surface area contributed by atoms with Crippen LogP contribution >= 0.6 is 0 Å². The Morgan fingerprint density at radius 2 is 1.88 bits per heavy atom. The number of nitrogens with one attached hydrogen (secondary N) is 1. The molecule has 1 aromatic rings. The molecule has 0 aromatic heterocycles. The molecule has 0 aliphatic rings. The number of ketones is 1. The monoisotopic (exact) mass is 258 g/mol. The quantitative estimate of drug-likeness (QED) is 0.582. The molecule has 0 aliphatic heterocycles. The summed E-state index contributed by atoms with van der Waals surface area (Å²) in [5.41, 5.74) is 0.307. The summed E-state index contributed by atoms with van der Waals surface area (Å²) < 4.78 is 25.0. The molecule has 92 valence electrons. The van der Waals surface area contributed by atoms with Gasteiger partial charge in [-0.05, 0) is 12.1 Å². The number of hydrogen-bond acceptors (Lipinski definition) is 5. The number of hydrogen-bond donors (Lipinski definition) is 1. The molecule has 0 unspecified atom stereocenters. The number of nitro groups is 1. The van der Waals surface area contributed by atoms with Gasteiger partial charge < -0.3 is 0 Å². The summed E-state index contributed by atoms with van der Waals surface area (Å²) in [6.45, 7) is -0.990. The second-order valence-corrected chi connectivity index (χ2v) is 4.98. The molecule has 0 saturated carbocycles. The first kappa shape index (κ1) is 13.1. The van der Waals surface area contributed by atoms with Crippen LogP contribution in [0.1, 0.15) is 0 Å². The summed E-state index contributed by atoms with van der Waals surface area (Å²) in [6, 6.07) is 7.97. The van der Waals surface area contributed by atoms with Crippen molar-refractivity contribution in [3.05, 3.63) is 40.4 Å². The van der Waals surface area contributed by atoms with Gasteiger partial charge in [-0.2, -0.15) is 0 Å². The summed E-state index contributed by atoms with van der Waals surface area (Å²) in [5, 5.41) is 10.0. The molecular weight excluding hydrogens is 248 g/mol. The number of nitrogens with zero attached hydrogens (tertiary/aromatic N) is 1. The number of rotatable bonds is 6. The average molecular weight is 258 g/mol. The zero-order valence-electron chi connectivity index (χ0n) is 8.70. The van der Waals surface area contributed by atoms with Crippen molar-refractivity contribution >= 4 is 21.5 Å². The highest BCUT2D eigenvalue weighted by Gasteiger charge is 2.20. The van der Waals surface area contributed by atoms with Crippen molar-refractivity contribution in [1.82, 2.24) is 0 Å². The van der Waals surface area contributed by atoms with Crippen LogP contribution in [0.4, 0.5) is 5.69 Å². The van der Waals surface area contributed by atoms with E-state index < -0.39 is 33.0 Å². The Labute approximate surface area is 97.7 Å². The van der Waals surface area contributed by atoms with Crippen LogP contribution < -0.4 is 4.72 Å². The van der Waals surface area contributed by atoms with E-state index in [0.717, 1.165) is 0 Å². The van der Waals surface area contributed by atoms with Gasteiger partial charge in [-0.1, -0.05) is 18.2 Å². The Bertz CT molecular complexity index is 511. The number of anilines is 1. The van der Waals surface area contributed by atoms with E-state index in [1.165, 1.54) is 12.1 Å². The standard InChI is InChI=1S/C9H10N2O5S/c12-9(6-11(13)14)7-17(15,16)10-8-4-2-1-3-5-8/h1-5,10H,6-7H2. The van der Waals surface area contributed by atoms with Crippen LogP contribution in [-0.2, 0) is 14.8 Å². The number of sulfonamides is 1. The van der Waals surface area contributed by atoms with E-state index in [1.54, 1.807) is 18.2 Å². The van der Waals surface area contributed by atoms with Crippen molar-refractivity contribution < 1.29 is 18.1 Å². The molecule has 8 heteroatoms. The van der Waals surface area contributed by atoms with E-state index in [9.17, 15) is 23.3 Å². The summed E-state index contributed by atoms with van der Waals surface area (Å²) in [7, 11) is -3.88. The van der Waals surface area contributed by atoms with Gasteiger partial charge in [0.2, 0.25) is 15.8 Å². The van der Waals surface area contributed by atoms with Crippen molar-refractivity contribution in [2.75, 3.05) is 17.0 Å². The minimum Gasteiger partial charge on any atom is -0.291 e. The fourth-order valence-electron chi connectivity index (χ4n) is 1.12. The van der Waals surface area contributed by atoms with E-state index >= 15 is 0 Å². The maximum Gasteiger partial charge on any atom is 0.262 e. The van der Waals surface area contributed by atoms with E-state index in [4.69, 9.17) is 0 Å². The first-order valence-corrected chi connectivity index (χ1v) is 6.23. The van der Waals surface area contributed by atoms with Gasteiger partial charge in [0.15, 0.2) is 0 Å². The summed E-state index contributed by atoms with van der Waals surface area (Å²) in [6.07, 6.45) is 0. The molecule has 17 heavy (non-hydrogen) atoms. The fourth-order valence-corrected chi connectivity index (χ4v) is 2.21. The maximum atomic E-state index is 11.4. The van der Waals surface area contributed by atoms with Gasteiger partial charge >= 0.3 is 0 Å². The van der Waals surface area contributed by atoms with Crippen LogP contribution in [0.15, 0.2) is 30.3 Å². The molecule has 0 radical (unpaired) electrons. The van der Waals surface area contributed by atoms with Crippen LogP contribution in [0.25, 0.3) is 0 Å². The Hall–Kier alpha value is -1.96. The lowest BCUT2D eigenvalue weighted by atomic mass is 10.3. The van der Waals surface area contributed by atoms with Gasteiger partial charge in [0.25, 0.3) is 6.54 Å². The summed E-state index contributed by atoms with van der Waals surface area (Å²) in [4.78, 5) is 20.2. The molecule has 0 saturated heterocycles.